The van der Waals surface area contributed by atoms with Crippen molar-refractivity contribution in [3.05, 3.63) is 23.8 Å². The molecule has 0 heterocycles. The summed E-state index contributed by atoms with van der Waals surface area (Å²) in [6.45, 7) is 2.60. The van der Waals surface area contributed by atoms with E-state index >= 15 is 0 Å². The van der Waals surface area contributed by atoms with Crippen LogP contribution in [-0.2, 0) is 14.3 Å². The van der Waals surface area contributed by atoms with Gasteiger partial charge in [0.25, 0.3) is 0 Å². The fourth-order valence-electron chi connectivity index (χ4n) is 5.46. The van der Waals surface area contributed by atoms with Crippen molar-refractivity contribution in [2.75, 3.05) is 67.6 Å². The van der Waals surface area contributed by atoms with E-state index in [2.05, 4.69) is 47.4 Å². The number of amides is 2. The van der Waals surface area contributed by atoms with Gasteiger partial charge in [0.1, 0.15) is 0 Å². The number of rotatable bonds is 14. The lowest BCUT2D eigenvalue weighted by atomic mass is 9.66. The molecule has 1 fully saturated rings. The number of ether oxygens (including phenoxy) is 1. The first kappa shape index (κ1) is 27.5. The third-order valence-corrected chi connectivity index (χ3v) is 7.47. The van der Waals surface area contributed by atoms with E-state index in [0.29, 0.717) is 32.7 Å². The second kappa shape index (κ2) is 13.2. The number of hydrogen-bond acceptors (Lipinski definition) is 6. The molecule has 0 aromatic heterocycles. The minimum absolute atomic E-state index is 0.0207. The van der Waals surface area contributed by atoms with Gasteiger partial charge in [0, 0.05) is 45.2 Å². The predicted molar refractivity (Wildman–Crippen MR) is 131 cm³/mol. The first-order chi connectivity index (χ1) is 15.8. The Kier molecular flexibility index (Phi) is 11.0. The van der Waals surface area contributed by atoms with Crippen LogP contribution in [0.2, 0.25) is 0 Å². The zero-order valence-electron chi connectivity index (χ0n) is 21.0. The Morgan fingerprint density at radius 2 is 1.94 bits per heavy atom. The summed E-state index contributed by atoms with van der Waals surface area (Å²) in [5, 5.41) is 11.6. The number of nitrogens with zero attached hydrogens (tertiary/aromatic N) is 3. The van der Waals surface area contributed by atoms with Gasteiger partial charge in [0.05, 0.1) is 18.8 Å². The molecule has 188 valence electrons. The Morgan fingerprint density at radius 3 is 2.48 bits per heavy atom. The van der Waals surface area contributed by atoms with Crippen molar-refractivity contribution in [2.24, 2.45) is 0 Å². The van der Waals surface area contributed by atoms with Crippen LogP contribution in [-0.4, -0.2) is 111 Å². The highest BCUT2D eigenvalue weighted by atomic mass is 16.5. The standard InChI is InChI=1S/C25H44N4O4/c1-27(2)25(22-8-6-5-7-9-22)13-11-24(12-14-25,29(21-31)17-19-33-4)20-28(3)16-10-23(32)26-15-18-30/h5-6,8,21,30H,7,9-20H2,1-4H3,(H,26,32). The van der Waals surface area contributed by atoms with Crippen LogP contribution in [0.15, 0.2) is 23.8 Å². The van der Waals surface area contributed by atoms with Crippen molar-refractivity contribution in [1.29, 1.82) is 0 Å². The third-order valence-electron chi connectivity index (χ3n) is 7.47. The molecular formula is C25H44N4O4. The Hall–Kier alpha value is -1.74. The van der Waals surface area contributed by atoms with Gasteiger partial charge in [0.15, 0.2) is 0 Å². The van der Waals surface area contributed by atoms with Crippen LogP contribution in [0.25, 0.3) is 0 Å². The molecule has 33 heavy (non-hydrogen) atoms. The van der Waals surface area contributed by atoms with Crippen LogP contribution < -0.4 is 5.32 Å². The number of carbonyl (C=O) groups excluding carboxylic acids is 2. The Balaban J connectivity index is 2.17. The van der Waals surface area contributed by atoms with Crippen molar-refractivity contribution in [2.45, 2.75) is 56.0 Å². The number of nitrogens with one attached hydrogen (secondary N) is 1. The zero-order chi connectivity index (χ0) is 24.3. The van der Waals surface area contributed by atoms with Crippen LogP contribution in [0.5, 0.6) is 0 Å². The highest BCUT2D eigenvalue weighted by Gasteiger charge is 2.48. The molecule has 0 radical (unpaired) electrons. The number of allylic oxidation sites excluding steroid dienone is 3. The molecule has 2 amide bonds. The van der Waals surface area contributed by atoms with Crippen molar-refractivity contribution < 1.29 is 19.4 Å². The molecule has 2 aliphatic carbocycles. The molecule has 2 N–H and O–H groups in total. The van der Waals surface area contributed by atoms with E-state index in [1.165, 1.54) is 5.57 Å². The molecule has 2 aliphatic rings. The lowest BCUT2D eigenvalue weighted by Crippen LogP contribution is -2.61. The topological polar surface area (TPSA) is 85.3 Å². The molecule has 0 unspecified atom stereocenters. The van der Waals surface area contributed by atoms with Gasteiger partial charge in [-0.2, -0.15) is 0 Å². The Labute approximate surface area is 199 Å². The normalized spacial score (nSPS) is 25.2. The average Bonchev–Trinajstić information content (AvgIpc) is 2.83. The van der Waals surface area contributed by atoms with E-state index in [9.17, 15) is 9.59 Å². The second-order valence-electron chi connectivity index (χ2n) is 9.66. The lowest BCUT2D eigenvalue weighted by molar-refractivity contribution is -0.129. The summed E-state index contributed by atoms with van der Waals surface area (Å²) < 4.78 is 5.29. The highest BCUT2D eigenvalue weighted by Crippen LogP contribution is 2.46. The van der Waals surface area contributed by atoms with Gasteiger partial charge in [-0.15, -0.1) is 0 Å². The number of aliphatic hydroxyl groups is 1. The fraction of sp³-hybridized carbons (Fsp3) is 0.760. The van der Waals surface area contributed by atoms with Crippen LogP contribution in [0.4, 0.5) is 0 Å². The van der Waals surface area contributed by atoms with Crippen molar-refractivity contribution in [3.63, 3.8) is 0 Å². The number of methoxy groups -OCH3 is 1. The molecule has 0 aromatic rings. The summed E-state index contributed by atoms with van der Waals surface area (Å²) in [5.74, 6) is -0.0656. The van der Waals surface area contributed by atoms with Gasteiger partial charge in [-0.1, -0.05) is 18.2 Å². The predicted octanol–water partition coefficient (Wildman–Crippen LogP) is 1.41. The smallest absolute Gasteiger partial charge is 0.221 e. The van der Waals surface area contributed by atoms with Gasteiger partial charge in [0.2, 0.25) is 12.3 Å². The number of carbonyl (C=O) groups is 2. The molecule has 8 heteroatoms. The molecule has 8 nitrogen and oxygen atoms in total. The monoisotopic (exact) mass is 464 g/mol. The van der Waals surface area contributed by atoms with Gasteiger partial charge >= 0.3 is 0 Å². The molecule has 1 saturated carbocycles. The van der Waals surface area contributed by atoms with E-state index in [0.717, 1.165) is 44.9 Å². The Bertz CT molecular complexity index is 684. The molecule has 0 aliphatic heterocycles. The number of hydrogen-bond donors (Lipinski definition) is 2. The first-order valence-electron chi connectivity index (χ1n) is 12.1. The second-order valence-corrected chi connectivity index (χ2v) is 9.66. The zero-order valence-corrected chi connectivity index (χ0v) is 21.0. The summed E-state index contributed by atoms with van der Waals surface area (Å²) in [7, 11) is 8.02. The summed E-state index contributed by atoms with van der Waals surface area (Å²) in [6.07, 6.45) is 14.0. The van der Waals surface area contributed by atoms with E-state index in [1.807, 2.05) is 11.9 Å². The number of likely N-dealkylation sites (N-methyl/N-ethyl adjacent to an activating group) is 2. The van der Waals surface area contributed by atoms with Crippen molar-refractivity contribution >= 4 is 12.3 Å². The summed E-state index contributed by atoms with van der Waals surface area (Å²) in [6, 6.07) is 0. The maximum absolute atomic E-state index is 12.2. The molecule has 0 aromatic carbocycles. The maximum Gasteiger partial charge on any atom is 0.221 e. The molecule has 2 rings (SSSR count). The SMILES string of the molecule is COCCN(C=O)C1(CN(C)CCC(=O)NCCO)CCC(C2=CC=CCC2)(N(C)C)CC1. The molecular weight excluding hydrogens is 420 g/mol. The van der Waals surface area contributed by atoms with Crippen LogP contribution >= 0.6 is 0 Å². The van der Waals surface area contributed by atoms with Crippen molar-refractivity contribution in [1.82, 2.24) is 20.0 Å². The van der Waals surface area contributed by atoms with Crippen LogP contribution in [0, 0.1) is 0 Å². The van der Waals surface area contributed by atoms with Gasteiger partial charge in [-0.05, 0) is 65.2 Å². The Morgan fingerprint density at radius 1 is 1.21 bits per heavy atom. The van der Waals surface area contributed by atoms with Crippen LogP contribution in [0.3, 0.4) is 0 Å². The molecule has 0 spiro atoms. The fourth-order valence-corrected chi connectivity index (χ4v) is 5.46. The highest BCUT2D eigenvalue weighted by molar-refractivity contribution is 5.76. The quantitative estimate of drug-likeness (QED) is 0.378. The minimum Gasteiger partial charge on any atom is -0.395 e. The lowest BCUT2D eigenvalue weighted by Gasteiger charge is -2.54. The summed E-state index contributed by atoms with van der Waals surface area (Å²) in [4.78, 5) is 30.7. The van der Waals surface area contributed by atoms with Gasteiger partial charge in [-0.25, -0.2) is 0 Å². The van der Waals surface area contributed by atoms with E-state index in [-0.39, 0.29) is 30.1 Å². The van der Waals surface area contributed by atoms with Crippen molar-refractivity contribution in [3.8, 4) is 0 Å². The van der Waals surface area contributed by atoms with E-state index < -0.39 is 0 Å². The average molecular weight is 465 g/mol. The van der Waals surface area contributed by atoms with Gasteiger partial charge < -0.3 is 25.0 Å². The largest absolute Gasteiger partial charge is 0.395 e. The number of aliphatic hydroxyl groups excluding tert-OH is 1. The molecule has 0 bridgehead atoms. The van der Waals surface area contributed by atoms with E-state index in [1.54, 1.807) is 7.11 Å². The minimum atomic E-state index is -0.290. The third kappa shape index (κ3) is 7.12. The molecule has 0 saturated heterocycles. The van der Waals surface area contributed by atoms with Gasteiger partial charge in [-0.3, -0.25) is 14.5 Å². The molecule has 0 atom stereocenters. The summed E-state index contributed by atoms with van der Waals surface area (Å²) in [5.41, 5.74) is 1.22. The van der Waals surface area contributed by atoms with Crippen LogP contribution in [0.1, 0.15) is 44.9 Å². The summed E-state index contributed by atoms with van der Waals surface area (Å²) >= 11 is 0. The van der Waals surface area contributed by atoms with E-state index in [4.69, 9.17) is 9.84 Å². The first-order valence-corrected chi connectivity index (χ1v) is 12.1. The maximum atomic E-state index is 12.2.